The highest BCUT2D eigenvalue weighted by Gasteiger charge is 2.30. The molecule has 2 N–H and O–H groups in total. The van der Waals surface area contributed by atoms with Gasteiger partial charge < -0.3 is 10.4 Å². The lowest BCUT2D eigenvalue weighted by molar-refractivity contribution is -0.143. The van der Waals surface area contributed by atoms with Crippen LogP contribution in [-0.2, 0) is 11.2 Å². The molecule has 1 aliphatic heterocycles. The van der Waals surface area contributed by atoms with Crippen LogP contribution in [0.1, 0.15) is 12.0 Å². The van der Waals surface area contributed by atoms with Crippen LogP contribution in [0.5, 0.6) is 0 Å². The summed E-state index contributed by atoms with van der Waals surface area (Å²) in [6.45, 7) is 1.78. The summed E-state index contributed by atoms with van der Waals surface area (Å²) in [5, 5.41) is 12.5. The normalized spacial score (nSPS) is 21.9. The number of nitrogens with one attached hydrogen (secondary N) is 1. The molecule has 1 unspecified atom stereocenters. The monoisotopic (exact) mass is 219 g/mol. The van der Waals surface area contributed by atoms with E-state index in [1.54, 1.807) is 0 Å². The molecule has 1 aromatic carbocycles. The van der Waals surface area contributed by atoms with E-state index in [2.05, 4.69) is 5.32 Å². The van der Waals surface area contributed by atoms with Gasteiger partial charge in [-0.25, -0.2) is 0 Å². The fourth-order valence-corrected chi connectivity index (χ4v) is 2.34. The van der Waals surface area contributed by atoms with E-state index in [9.17, 15) is 9.90 Å². The molecule has 1 fully saturated rings. The molecule has 0 spiro atoms. The van der Waals surface area contributed by atoms with E-state index in [-0.39, 0.29) is 11.8 Å². The molecule has 0 amide bonds. The van der Waals surface area contributed by atoms with Crippen molar-refractivity contribution in [3.8, 4) is 0 Å². The van der Waals surface area contributed by atoms with Gasteiger partial charge in [0, 0.05) is 0 Å². The quantitative estimate of drug-likeness (QED) is 0.807. The average molecular weight is 219 g/mol. The molecule has 0 bridgehead atoms. The van der Waals surface area contributed by atoms with Gasteiger partial charge in [-0.05, 0) is 37.4 Å². The lowest BCUT2D eigenvalue weighted by atomic mass is 9.86. The van der Waals surface area contributed by atoms with E-state index in [0.29, 0.717) is 6.42 Å². The Labute approximate surface area is 95.5 Å². The third-order valence-corrected chi connectivity index (χ3v) is 3.28. The van der Waals surface area contributed by atoms with E-state index in [1.165, 1.54) is 0 Å². The Bertz CT molecular complexity index is 344. The van der Waals surface area contributed by atoms with Crippen molar-refractivity contribution in [2.75, 3.05) is 13.1 Å². The van der Waals surface area contributed by atoms with Crippen molar-refractivity contribution in [1.82, 2.24) is 5.32 Å². The van der Waals surface area contributed by atoms with Crippen molar-refractivity contribution in [3.63, 3.8) is 0 Å². The summed E-state index contributed by atoms with van der Waals surface area (Å²) in [6.07, 6.45) is 1.62. The molecule has 2 atom stereocenters. The summed E-state index contributed by atoms with van der Waals surface area (Å²) in [5.74, 6) is -0.646. The average Bonchev–Trinajstić information content (AvgIpc) is 2.80. The second kappa shape index (κ2) is 5.12. The zero-order chi connectivity index (χ0) is 11.4. The van der Waals surface area contributed by atoms with Gasteiger partial charge in [0.1, 0.15) is 0 Å². The van der Waals surface area contributed by atoms with Gasteiger partial charge in [0.2, 0.25) is 0 Å². The van der Waals surface area contributed by atoms with Gasteiger partial charge in [0.15, 0.2) is 0 Å². The summed E-state index contributed by atoms with van der Waals surface area (Å²) in [6, 6.07) is 9.87. The first-order chi connectivity index (χ1) is 7.77. The first kappa shape index (κ1) is 11.1. The van der Waals surface area contributed by atoms with E-state index in [1.807, 2.05) is 30.3 Å². The molecule has 0 aromatic heterocycles. The Morgan fingerprint density at radius 1 is 1.44 bits per heavy atom. The van der Waals surface area contributed by atoms with E-state index in [0.717, 1.165) is 25.1 Å². The topological polar surface area (TPSA) is 49.3 Å². The molecule has 16 heavy (non-hydrogen) atoms. The molecule has 3 nitrogen and oxygen atoms in total. The van der Waals surface area contributed by atoms with Crippen LogP contribution >= 0.6 is 0 Å². The smallest absolute Gasteiger partial charge is 0.307 e. The Kier molecular flexibility index (Phi) is 3.57. The third kappa shape index (κ3) is 2.61. The fraction of sp³-hybridized carbons (Fsp3) is 0.462. The van der Waals surface area contributed by atoms with Crippen LogP contribution in [0, 0.1) is 11.8 Å². The molecule has 1 aliphatic rings. The molecule has 0 aliphatic carbocycles. The summed E-state index contributed by atoms with van der Waals surface area (Å²) >= 11 is 0. The first-order valence-electron chi connectivity index (χ1n) is 5.75. The molecule has 0 radical (unpaired) electrons. The van der Waals surface area contributed by atoms with Crippen molar-refractivity contribution < 1.29 is 9.90 Å². The van der Waals surface area contributed by atoms with Crippen molar-refractivity contribution >= 4 is 5.97 Å². The molecule has 1 aromatic rings. The number of aliphatic carboxylic acids is 1. The van der Waals surface area contributed by atoms with Crippen LogP contribution in [0.3, 0.4) is 0 Å². The highest BCUT2D eigenvalue weighted by molar-refractivity contribution is 5.71. The number of rotatable bonds is 4. The zero-order valence-electron chi connectivity index (χ0n) is 9.23. The van der Waals surface area contributed by atoms with Crippen LogP contribution in [0.15, 0.2) is 30.3 Å². The van der Waals surface area contributed by atoms with Gasteiger partial charge in [-0.15, -0.1) is 0 Å². The summed E-state index contributed by atoms with van der Waals surface area (Å²) in [5.41, 5.74) is 1.11. The third-order valence-electron chi connectivity index (χ3n) is 3.28. The van der Waals surface area contributed by atoms with Crippen LogP contribution < -0.4 is 5.32 Å². The number of hydrogen-bond acceptors (Lipinski definition) is 2. The van der Waals surface area contributed by atoms with E-state index >= 15 is 0 Å². The second-order valence-electron chi connectivity index (χ2n) is 4.39. The van der Waals surface area contributed by atoms with E-state index in [4.69, 9.17) is 0 Å². The lowest BCUT2D eigenvalue weighted by Gasteiger charge is -2.18. The minimum atomic E-state index is -0.669. The standard InChI is InChI=1S/C13H17NO2/c15-13(16)12(11-6-7-14-9-11)8-10-4-2-1-3-5-10/h1-5,11-12,14H,6-9H2,(H,15,16)/t11-,12?/m0/s1. The van der Waals surface area contributed by atoms with Gasteiger partial charge in [-0.1, -0.05) is 30.3 Å². The molecule has 86 valence electrons. The fourth-order valence-electron chi connectivity index (χ4n) is 2.34. The SMILES string of the molecule is O=C(O)C(Cc1ccccc1)[C@H]1CCNC1. The van der Waals surface area contributed by atoms with Crippen LogP contribution in [-0.4, -0.2) is 24.2 Å². The molecule has 3 heteroatoms. The predicted octanol–water partition coefficient (Wildman–Crippen LogP) is 1.54. The first-order valence-corrected chi connectivity index (χ1v) is 5.75. The lowest BCUT2D eigenvalue weighted by Crippen LogP contribution is -2.27. The zero-order valence-corrected chi connectivity index (χ0v) is 9.23. The van der Waals surface area contributed by atoms with Gasteiger partial charge in [-0.3, -0.25) is 4.79 Å². The minimum absolute atomic E-state index is 0.252. The van der Waals surface area contributed by atoms with Crippen molar-refractivity contribution in [2.45, 2.75) is 12.8 Å². The Balaban J connectivity index is 2.05. The largest absolute Gasteiger partial charge is 0.481 e. The van der Waals surface area contributed by atoms with Gasteiger partial charge in [0.25, 0.3) is 0 Å². The molecule has 0 saturated carbocycles. The van der Waals surface area contributed by atoms with E-state index < -0.39 is 5.97 Å². The Hall–Kier alpha value is -1.35. The highest BCUT2D eigenvalue weighted by Crippen LogP contribution is 2.23. The Morgan fingerprint density at radius 2 is 2.19 bits per heavy atom. The number of carboxylic acids is 1. The van der Waals surface area contributed by atoms with Crippen LogP contribution in [0.4, 0.5) is 0 Å². The molecule has 1 saturated heterocycles. The van der Waals surface area contributed by atoms with Gasteiger partial charge >= 0.3 is 5.97 Å². The Morgan fingerprint density at radius 3 is 2.75 bits per heavy atom. The number of benzene rings is 1. The van der Waals surface area contributed by atoms with Crippen molar-refractivity contribution in [3.05, 3.63) is 35.9 Å². The van der Waals surface area contributed by atoms with Gasteiger partial charge in [0.05, 0.1) is 5.92 Å². The molecular formula is C13H17NO2. The van der Waals surface area contributed by atoms with Gasteiger partial charge in [-0.2, -0.15) is 0 Å². The highest BCUT2D eigenvalue weighted by atomic mass is 16.4. The number of carbonyl (C=O) groups is 1. The summed E-state index contributed by atoms with van der Waals surface area (Å²) < 4.78 is 0. The second-order valence-corrected chi connectivity index (χ2v) is 4.39. The molecular weight excluding hydrogens is 202 g/mol. The number of hydrogen-bond donors (Lipinski definition) is 2. The maximum absolute atomic E-state index is 11.3. The number of carboxylic acid groups (broad SMARTS) is 1. The van der Waals surface area contributed by atoms with Crippen LogP contribution in [0.25, 0.3) is 0 Å². The molecule has 1 heterocycles. The predicted molar refractivity (Wildman–Crippen MR) is 62.2 cm³/mol. The maximum Gasteiger partial charge on any atom is 0.307 e. The summed E-state index contributed by atoms with van der Waals surface area (Å²) in [4.78, 5) is 11.3. The van der Waals surface area contributed by atoms with Crippen molar-refractivity contribution in [2.24, 2.45) is 11.8 Å². The minimum Gasteiger partial charge on any atom is -0.481 e. The summed E-state index contributed by atoms with van der Waals surface area (Å²) in [7, 11) is 0. The van der Waals surface area contributed by atoms with Crippen LogP contribution in [0.2, 0.25) is 0 Å². The maximum atomic E-state index is 11.3. The molecule has 2 rings (SSSR count). The van der Waals surface area contributed by atoms with Crippen molar-refractivity contribution in [1.29, 1.82) is 0 Å².